The van der Waals surface area contributed by atoms with Gasteiger partial charge in [0.15, 0.2) is 0 Å². The number of aldehydes is 1. The highest BCUT2D eigenvalue weighted by Crippen LogP contribution is 2.21. The molecule has 1 aliphatic rings. The molecule has 76 valence electrons. The molecule has 0 amide bonds. The van der Waals surface area contributed by atoms with E-state index < -0.39 is 5.92 Å². The first kappa shape index (κ1) is 10.8. The van der Waals surface area contributed by atoms with Crippen LogP contribution in [0.1, 0.15) is 20.3 Å². The fraction of sp³-hybridized carbons (Fsp3) is 0.417. The van der Waals surface area contributed by atoms with E-state index in [1.807, 2.05) is 12.2 Å². The Balaban J connectivity index is 2.89. The van der Waals surface area contributed by atoms with E-state index in [4.69, 9.17) is 0 Å². The Hall–Kier alpha value is -1.31. The van der Waals surface area contributed by atoms with Crippen LogP contribution >= 0.6 is 0 Å². The molecular formula is C12H16O2. The molecule has 14 heavy (non-hydrogen) atoms. The lowest BCUT2D eigenvalue weighted by Gasteiger charge is -2.08. The second-order valence-electron chi connectivity index (χ2n) is 3.59. The third-order valence-electron chi connectivity index (χ3n) is 2.61. The number of hydrogen-bond acceptors (Lipinski definition) is 2. The first-order valence-corrected chi connectivity index (χ1v) is 4.93. The standard InChI is InChI=1S/C12H16O2/c1-3-9(2)10-4-5-11(8-13)12(14)7-6-10/h4-9,11,14H,3H2,1-2H3. The van der Waals surface area contributed by atoms with Crippen LogP contribution in [0.3, 0.4) is 0 Å². The van der Waals surface area contributed by atoms with Crippen LogP contribution in [-0.2, 0) is 4.79 Å². The zero-order valence-corrected chi connectivity index (χ0v) is 8.60. The molecule has 2 nitrogen and oxygen atoms in total. The topological polar surface area (TPSA) is 37.3 Å². The van der Waals surface area contributed by atoms with Crippen molar-refractivity contribution in [3.05, 3.63) is 35.6 Å². The Morgan fingerprint density at radius 2 is 2.29 bits per heavy atom. The SMILES string of the molecule is CCC(C)C1=CC=C(O)C(C=O)C=C1. The van der Waals surface area contributed by atoms with Gasteiger partial charge in [-0.2, -0.15) is 0 Å². The summed E-state index contributed by atoms with van der Waals surface area (Å²) in [7, 11) is 0. The third kappa shape index (κ3) is 2.34. The lowest BCUT2D eigenvalue weighted by Crippen LogP contribution is -2.00. The second-order valence-corrected chi connectivity index (χ2v) is 3.59. The smallest absolute Gasteiger partial charge is 0.134 e. The molecule has 2 unspecified atom stereocenters. The monoisotopic (exact) mass is 192 g/mol. The van der Waals surface area contributed by atoms with Crippen molar-refractivity contribution in [3.8, 4) is 0 Å². The minimum Gasteiger partial charge on any atom is -0.511 e. The van der Waals surface area contributed by atoms with Gasteiger partial charge in [-0.05, 0) is 24.0 Å². The highest BCUT2D eigenvalue weighted by molar-refractivity contribution is 5.62. The number of allylic oxidation sites excluding steroid dienone is 5. The summed E-state index contributed by atoms with van der Waals surface area (Å²) in [6.45, 7) is 4.24. The van der Waals surface area contributed by atoms with Crippen molar-refractivity contribution in [2.75, 3.05) is 0 Å². The summed E-state index contributed by atoms with van der Waals surface area (Å²) in [4.78, 5) is 10.6. The molecule has 0 radical (unpaired) electrons. The van der Waals surface area contributed by atoms with E-state index in [9.17, 15) is 9.90 Å². The molecule has 0 saturated heterocycles. The van der Waals surface area contributed by atoms with Crippen LogP contribution in [0.15, 0.2) is 35.6 Å². The van der Waals surface area contributed by atoms with E-state index in [2.05, 4.69) is 13.8 Å². The van der Waals surface area contributed by atoms with Gasteiger partial charge in [-0.1, -0.05) is 32.1 Å². The molecule has 2 heteroatoms. The minimum absolute atomic E-state index is 0.120. The molecule has 0 saturated carbocycles. The zero-order chi connectivity index (χ0) is 10.6. The van der Waals surface area contributed by atoms with Crippen molar-refractivity contribution in [3.63, 3.8) is 0 Å². The Morgan fingerprint density at radius 3 is 2.86 bits per heavy atom. The number of aliphatic hydroxyl groups is 1. The molecule has 0 heterocycles. The van der Waals surface area contributed by atoms with Gasteiger partial charge in [0.2, 0.25) is 0 Å². The van der Waals surface area contributed by atoms with Crippen LogP contribution in [-0.4, -0.2) is 11.4 Å². The van der Waals surface area contributed by atoms with Gasteiger partial charge in [-0.3, -0.25) is 0 Å². The van der Waals surface area contributed by atoms with Crippen LogP contribution in [0, 0.1) is 11.8 Å². The van der Waals surface area contributed by atoms with Crippen LogP contribution in [0.5, 0.6) is 0 Å². The average molecular weight is 192 g/mol. The van der Waals surface area contributed by atoms with Crippen molar-refractivity contribution in [2.24, 2.45) is 11.8 Å². The van der Waals surface area contributed by atoms with E-state index in [1.165, 1.54) is 0 Å². The molecule has 0 aromatic heterocycles. The molecule has 0 aromatic rings. The molecule has 0 aromatic carbocycles. The maximum absolute atomic E-state index is 10.6. The molecule has 1 N–H and O–H groups in total. The summed E-state index contributed by atoms with van der Waals surface area (Å²) in [5.41, 5.74) is 1.16. The normalized spacial score (nSPS) is 23.4. The van der Waals surface area contributed by atoms with E-state index >= 15 is 0 Å². The summed E-state index contributed by atoms with van der Waals surface area (Å²) in [5.74, 6) is 0.100. The van der Waals surface area contributed by atoms with E-state index in [-0.39, 0.29) is 5.76 Å². The van der Waals surface area contributed by atoms with Crippen molar-refractivity contribution >= 4 is 6.29 Å². The van der Waals surface area contributed by atoms with E-state index in [1.54, 1.807) is 12.2 Å². The summed E-state index contributed by atoms with van der Waals surface area (Å²) in [5, 5.41) is 9.46. The summed E-state index contributed by atoms with van der Waals surface area (Å²) in [6.07, 6.45) is 8.95. The van der Waals surface area contributed by atoms with Gasteiger partial charge >= 0.3 is 0 Å². The predicted molar refractivity (Wildman–Crippen MR) is 56.9 cm³/mol. The molecule has 0 bridgehead atoms. The number of aliphatic hydroxyl groups excluding tert-OH is 1. The lowest BCUT2D eigenvalue weighted by atomic mass is 9.98. The molecule has 0 spiro atoms. The third-order valence-corrected chi connectivity index (χ3v) is 2.61. The first-order valence-electron chi connectivity index (χ1n) is 4.93. The van der Waals surface area contributed by atoms with Crippen molar-refractivity contribution in [1.29, 1.82) is 0 Å². The highest BCUT2D eigenvalue weighted by atomic mass is 16.3. The summed E-state index contributed by atoms with van der Waals surface area (Å²) in [6, 6.07) is 0. The minimum atomic E-state index is -0.479. The number of carbonyl (C=O) groups is 1. The zero-order valence-electron chi connectivity index (χ0n) is 8.60. The van der Waals surface area contributed by atoms with Gasteiger partial charge in [0, 0.05) is 0 Å². The second kappa shape index (κ2) is 4.80. The van der Waals surface area contributed by atoms with E-state index in [0.717, 1.165) is 18.3 Å². The predicted octanol–water partition coefficient (Wildman–Crippen LogP) is 2.79. The van der Waals surface area contributed by atoms with Crippen LogP contribution in [0.2, 0.25) is 0 Å². The molecular weight excluding hydrogens is 176 g/mol. The Kier molecular flexibility index (Phi) is 3.69. The van der Waals surface area contributed by atoms with Gasteiger partial charge in [-0.15, -0.1) is 0 Å². The molecule has 1 rings (SSSR count). The van der Waals surface area contributed by atoms with Crippen molar-refractivity contribution < 1.29 is 9.90 Å². The quantitative estimate of drug-likeness (QED) is 0.698. The largest absolute Gasteiger partial charge is 0.511 e. The van der Waals surface area contributed by atoms with Crippen LogP contribution in [0.25, 0.3) is 0 Å². The van der Waals surface area contributed by atoms with Gasteiger partial charge in [-0.25, -0.2) is 0 Å². The molecule has 2 atom stereocenters. The maximum Gasteiger partial charge on any atom is 0.134 e. The molecule has 1 aliphatic carbocycles. The Morgan fingerprint density at radius 1 is 1.57 bits per heavy atom. The first-order chi connectivity index (χ1) is 6.69. The van der Waals surface area contributed by atoms with E-state index in [0.29, 0.717) is 5.92 Å². The molecule has 0 fully saturated rings. The summed E-state index contributed by atoms with van der Waals surface area (Å²) < 4.78 is 0. The van der Waals surface area contributed by atoms with Crippen molar-refractivity contribution in [1.82, 2.24) is 0 Å². The van der Waals surface area contributed by atoms with Gasteiger partial charge in [0.25, 0.3) is 0 Å². The van der Waals surface area contributed by atoms with Crippen LogP contribution < -0.4 is 0 Å². The van der Waals surface area contributed by atoms with Crippen molar-refractivity contribution in [2.45, 2.75) is 20.3 Å². The average Bonchev–Trinajstić information content (AvgIpc) is 2.39. The van der Waals surface area contributed by atoms with Crippen LogP contribution in [0.4, 0.5) is 0 Å². The fourth-order valence-corrected chi connectivity index (χ4v) is 1.34. The fourth-order valence-electron chi connectivity index (χ4n) is 1.34. The molecule has 0 aliphatic heterocycles. The van der Waals surface area contributed by atoms with Gasteiger partial charge in [0.1, 0.15) is 12.0 Å². The Bertz CT molecular complexity index is 297. The number of rotatable bonds is 3. The summed E-state index contributed by atoms with van der Waals surface area (Å²) >= 11 is 0. The van der Waals surface area contributed by atoms with Gasteiger partial charge in [0.05, 0.1) is 5.92 Å². The maximum atomic E-state index is 10.6. The number of carbonyl (C=O) groups excluding carboxylic acids is 1. The Labute approximate surface area is 84.6 Å². The lowest BCUT2D eigenvalue weighted by molar-refractivity contribution is -0.109. The van der Waals surface area contributed by atoms with Gasteiger partial charge < -0.3 is 9.90 Å². The highest BCUT2D eigenvalue weighted by Gasteiger charge is 2.12. The number of hydrogen-bond donors (Lipinski definition) is 1.